The minimum atomic E-state index is 0.0846. The molecule has 2 fully saturated rings. The highest BCUT2D eigenvalue weighted by Crippen LogP contribution is 2.73. The van der Waals surface area contributed by atoms with E-state index in [4.69, 9.17) is 0 Å². The fourth-order valence-corrected chi connectivity index (χ4v) is 9.34. The highest BCUT2D eigenvalue weighted by molar-refractivity contribution is 5.95. The summed E-state index contributed by atoms with van der Waals surface area (Å²) < 4.78 is 0. The van der Waals surface area contributed by atoms with Gasteiger partial charge in [-0.25, -0.2) is 0 Å². The predicted octanol–water partition coefficient (Wildman–Crippen LogP) is 10.7. The molecule has 204 valence electrons. The van der Waals surface area contributed by atoms with Gasteiger partial charge in [0.15, 0.2) is 0 Å². The van der Waals surface area contributed by atoms with Crippen molar-refractivity contribution in [2.75, 3.05) is 5.32 Å². The standard InChI is InChI=1S/C41H35N/c1-26-21-27-23-35-38(22-26)41(39(35)24-27)36-15-6-5-13-34(36)40-33(14-8-16-37(40)41)29-17-19-31(20-18-29)42-32-12-7-11-30(25-32)28-9-3-2-4-10-28/h2-20,22,25-27,35,39,42H,21,23-24H2,1H3. The molecule has 4 aliphatic rings. The second-order valence-corrected chi connectivity index (χ2v) is 13.1. The van der Waals surface area contributed by atoms with Crippen molar-refractivity contribution in [2.24, 2.45) is 23.7 Å². The first-order valence-corrected chi connectivity index (χ1v) is 15.7. The molecule has 0 aliphatic heterocycles. The van der Waals surface area contributed by atoms with Crippen LogP contribution in [0.2, 0.25) is 0 Å². The van der Waals surface area contributed by atoms with Gasteiger partial charge in [-0.1, -0.05) is 116 Å². The Morgan fingerprint density at radius 1 is 0.595 bits per heavy atom. The summed E-state index contributed by atoms with van der Waals surface area (Å²) in [5.74, 6) is 3.10. The largest absolute Gasteiger partial charge is 0.356 e. The van der Waals surface area contributed by atoms with Crippen LogP contribution in [0.15, 0.2) is 133 Å². The minimum Gasteiger partial charge on any atom is -0.356 e. The Bertz CT molecular complexity index is 1860. The Balaban J connectivity index is 1.10. The molecule has 4 aliphatic carbocycles. The summed E-state index contributed by atoms with van der Waals surface area (Å²) in [4.78, 5) is 0. The fraction of sp³-hybridized carbons (Fsp3) is 0.220. The van der Waals surface area contributed by atoms with E-state index in [-0.39, 0.29) is 5.41 Å². The number of nitrogens with one attached hydrogen (secondary N) is 1. The number of allylic oxidation sites excluding steroid dienone is 2. The van der Waals surface area contributed by atoms with Crippen LogP contribution in [0.4, 0.5) is 11.4 Å². The van der Waals surface area contributed by atoms with Crippen molar-refractivity contribution in [3.05, 3.63) is 144 Å². The molecule has 1 N–H and O–H groups in total. The van der Waals surface area contributed by atoms with Crippen LogP contribution in [0.5, 0.6) is 0 Å². The molecule has 5 aromatic rings. The van der Waals surface area contributed by atoms with Crippen LogP contribution >= 0.6 is 0 Å². The smallest absolute Gasteiger partial charge is 0.0460 e. The van der Waals surface area contributed by atoms with Crippen molar-refractivity contribution < 1.29 is 0 Å². The maximum atomic E-state index is 3.64. The minimum absolute atomic E-state index is 0.0846. The van der Waals surface area contributed by atoms with E-state index < -0.39 is 0 Å². The van der Waals surface area contributed by atoms with E-state index in [0.717, 1.165) is 29.1 Å². The fourth-order valence-electron chi connectivity index (χ4n) is 9.34. The van der Waals surface area contributed by atoms with Gasteiger partial charge in [0, 0.05) is 16.8 Å². The van der Waals surface area contributed by atoms with Gasteiger partial charge in [0.1, 0.15) is 0 Å². The summed E-state index contributed by atoms with van der Waals surface area (Å²) in [7, 11) is 0. The highest BCUT2D eigenvalue weighted by atomic mass is 14.9. The SMILES string of the molecule is CC1C=C2C3CC(C1)CC3C21c2ccccc2-c2c(-c3ccc(Nc4cccc(-c5ccccc5)c4)cc3)cccc21. The third kappa shape index (κ3) is 3.37. The molecular weight excluding hydrogens is 506 g/mol. The van der Waals surface area contributed by atoms with Gasteiger partial charge in [-0.15, -0.1) is 0 Å². The van der Waals surface area contributed by atoms with Crippen molar-refractivity contribution >= 4 is 11.4 Å². The first kappa shape index (κ1) is 24.3. The van der Waals surface area contributed by atoms with Crippen LogP contribution in [0, 0.1) is 23.7 Å². The van der Waals surface area contributed by atoms with E-state index in [1.165, 1.54) is 52.6 Å². The van der Waals surface area contributed by atoms with Gasteiger partial charge in [0.2, 0.25) is 0 Å². The summed E-state index contributed by atoms with van der Waals surface area (Å²) in [6, 6.07) is 44.7. The van der Waals surface area contributed by atoms with Crippen molar-refractivity contribution in [2.45, 2.75) is 31.6 Å². The van der Waals surface area contributed by atoms with Crippen molar-refractivity contribution in [1.29, 1.82) is 0 Å². The molecule has 5 unspecified atom stereocenters. The molecule has 0 aromatic heterocycles. The average molecular weight is 542 g/mol. The second-order valence-electron chi connectivity index (χ2n) is 13.1. The van der Waals surface area contributed by atoms with Crippen LogP contribution in [0.3, 0.4) is 0 Å². The van der Waals surface area contributed by atoms with Gasteiger partial charge in [-0.3, -0.25) is 0 Å². The lowest BCUT2D eigenvalue weighted by Crippen LogP contribution is -2.51. The number of fused-ring (bicyclic) bond motifs is 8. The number of rotatable bonds is 4. The Kier molecular flexibility index (Phi) is 5.24. The Labute approximate surface area is 249 Å². The molecule has 2 bridgehead atoms. The molecule has 42 heavy (non-hydrogen) atoms. The first-order valence-electron chi connectivity index (χ1n) is 15.7. The van der Waals surface area contributed by atoms with E-state index in [1.54, 1.807) is 16.7 Å². The van der Waals surface area contributed by atoms with Crippen LogP contribution in [-0.4, -0.2) is 0 Å². The number of hydrogen-bond acceptors (Lipinski definition) is 1. The second kappa shape index (κ2) is 9.07. The van der Waals surface area contributed by atoms with Crippen LogP contribution in [0.1, 0.15) is 37.3 Å². The lowest BCUT2D eigenvalue weighted by atomic mass is 9.47. The molecule has 1 spiro atoms. The normalized spacial score (nSPS) is 26.2. The quantitative estimate of drug-likeness (QED) is 0.223. The molecule has 2 saturated carbocycles. The van der Waals surface area contributed by atoms with Gasteiger partial charge in [-0.2, -0.15) is 0 Å². The molecule has 9 rings (SSSR count). The van der Waals surface area contributed by atoms with E-state index in [2.05, 4.69) is 140 Å². The third-order valence-corrected chi connectivity index (χ3v) is 10.8. The zero-order valence-corrected chi connectivity index (χ0v) is 24.1. The Hall–Kier alpha value is -4.36. The van der Waals surface area contributed by atoms with Crippen LogP contribution < -0.4 is 5.32 Å². The van der Waals surface area contributed by atoms with Crippen molar-refractivity contribution in [3.8, 4) is 33.4 Å². The molecule has 0 radical (unpaired) electrons. The number of hydrogen-bond donors (Lipinski definition) is 1. The lowest BCUT2D eigenvalue weighted by Gasteiger charge is -2.55. The van der Waals surface area contributed by atoms with Crippen molar-refractivity contribution in [3.63, 3.8) is 0 Å². The molecule has 1 heteroatoms. The zero-order chi connectivity index (χ0) is 27.8. The van der Waals surface area contributed by atoms with Gasteiger partial charge in [0.05, 0.1) is 0 Å². The summed E-state index contributed by atoms with van der Waals surface area (Å²) in [6.45, 7) is 2.44. The lowest BCUT2D eigenvalue weighted by molar-refractivity contribution is 0.193. The topological polar surface area (TPSA) is 12.0 Å². The molecule has 0 amide bonds. The van der Waals surface area contributed by atoms with Gasteiger partial charge in [-0.05, 0) is 112 Å². The Morgan fingerprint density at radius 3 is 2.21 bits per heavy atom. The molecule has 1 nitrogen and oxygen atoms in total. The van der Waals surface area contributed by atoms with Crippen LogP contribution in [0.25, 0.3) is 33.4 Å². The summed E-state index contributed by atoms with van der Waals surface area (Å²) in [5.41, 5.74) is 15.2. The van der Waals surface area contributed by atoms with Crippen molar-refractivity contribution in [1.82, 2.24) is 0 Å². The Morgan fingerprint density at radius 2 is 1.33 bits per heavy atom. The maximum absolute atomic E-state index is 3.64. The van der Waals surface area contributed by atoms with E-state index in [9.17, 15) is 0 Å². The summed E-state index contributed by atoms with van der Waals surface area (Å²) >= 11 is 0. The maximum Gasteiger partial charge on any atom is 0.0460 e. The van der Waals surface area contributed by atoms with E-state index in [1.807, 2.05) is 0 Å². The monoisotopic (exact) mass is 541 g/mol. The summed E-state index contributed by atoms with van der Waals surface area (Å²) in [6.07, 6.45) is 6.85. The first-order chi connectivity index (χ1) is 20.7. The van der Waals surface area contributed by atoms with Crippen LogP contribution in [-0.2, 0) is 5.41 Å². The molecule has 0 heterocycles. The third-order valence-electron chi connectivity index (χ3n) is 10.8. The molecule has 5 aromatic carbocycles. The van der Waals surface area contributed by atoms with E-state index in [0.29, 0.717) is 5.92 Å². The number of benzene rings is 5. The number of anilines is 2. The van der Waals surface area contributed by atoms with E-state index >= 15 is 0 Å². The molecule has 0 saturated heterocycles. The average Bonchev–Trinajstić information content (AvgIpc) is 3.50. The molecular formula is C41H35N. The summed E-state index contributed by atoms with van der Waals surface area (Å²) in [5, 5.41) is 3.64. The van der Waals surface area contributed by atoms with Gasteiger partial charge in [0.25, 0.3) is 0 Å². The molecule has 5 atom stereocenters. The van der Waals surface area contributed by atoms with Gasteiger partial charge >= 0.3 is 0 Å². The van der Waals surface area contributed by atoms with Gasteiger partial charge < -0.3 is 5.32 Å². The highest BCUT2D eigenvalue weighted by Gasteiger charge is 2.66. The zero-order valence-electron chi connectivity index (χ0n) is 24.1. The predicted molar refractivity (Wildman–Crippen MR) is 175 cm³/mol.